The van der Waals surface area contributed by atoms with E-state index in [1.54, 1.807) is 0 Å². The lowest BCUT2D eigenvalue weighted by Gasteiger charge is -2.11. The number of ether oxygens (including phenoxy) is 1. The summed E-state index contributed by atoms with van der Waals surface area (Å²) in [5, 5.41) is 1.26. The van der Waals surface area contributed by atoms with Crippen LogP contribution in [0.15, 0.2) is 72.8 Å². The largest absolute Gasteiger partial charge is 0.494 e. The normalized spacial score (nSPS) is 11.0. The van der Waals surface area contributed by atoms with Crippen molar-refractivity contribution in [1.29, 1.82) is 0 Å². The van der Waals surface area contributed by atoms with Gasteiger partial charge in [-0.2, -0.15) is 4.57 Å². The van der Waals surface area contributed by atoms with Crippen LogP contribution in [0.1, 0.15) is 12.5 Å². The molecule has 1 aromatic heterocycles. The van der Waals surface area contributed by atoms with E-state index < -0.39 is 0 Å². The van der Waals surface area contributed by atoms with Crippen molar-refractivity contribution in [2.24, 2.45) is 0 Å². The van der Waals surface area contributed by atoms with Crippen LogP contribution in [0.3, 0.4) is 0 Å². The van der Waals surface area contributed by atoms with E-state index >= 15 is 0 Å². The lowest BCUT2D eigenvalue weighted by atomic mass is 10.2. The van der Waals surface area contributed by atoms with Crippen LogP contribution in [0, 0.1) is 0 Å². The minimum absolute atomic E-state index is 0.674. The lowest BCUT2D eigenvalue weighted by molar-refractivity contribution is -0.647. The van der Waals surface area contributed by atoms with Gasteiger partial charge in [-0.05, 0) is 43.3 Å². The standard InChI is InChI=1S/C24H25N2OS/c1-4-27-21-14-15-23-22(16-21)26(17-18-8-6-5-7-9-18)24(28-23)19-10-12-20(13-11-19)25(2)3/h5-16H,4,17H2,1-3H3/q+1. The van der Waals surface area contributed by atoms with Crippen LogP contribution >= 0.6 is 11.3 Å². The van der Waals surface area contributed by atoms with E-state index in [1.807, 2.05) is 18.3 Å². The molecular formula is C24H25N2OS+. The summed E-state index contributed by atoms with van der Waals surface area (Å²) in [7, 11) is 4.14. The Hall–Kier alpha value is -2.85. The van der Waals surface area contributed by atoms with Crippen LogP contribution in [-0.2, 0) is 6.54 Å². The zero-order valence-electron chi connectivity index (χ0n) is 16.6. The van der Waals surface area contributed by atoms with Crippen LogP contribution in [0.5, 0.6) is 5.75 Å². The van der Waals surface area contributed by atoms with Gasteiger partial charge in [-0.1, -0.05) is 41.7 Å². The molecule has 0 aliphatic carbocycles. The maximum Gasteiger partial charge on any atom is 0.270 e. The Morgan fingerprint density at radius 1 is 0.929 bits per heavy atom. The third kappa shape index (κ3) is 3.73. The summed E-state index contributed by atoms with van der Waals surface area (Å²) in [6.45, 7) is 3.53. The summed E-state index contributed by atoms with van der Waals surface area (Å²) in [4.78, 5) is 2.13. The molecule has 0 aliphatic heterocycles. The Balaban J connectivity index is 1.85. The molecule has 4 rings (SSSR count). The Morgan fingerprint density at radius 2 is 1.68 bits per heavy atom. The average molecular weight is 390 g/mol. The van der Waals surface area contributed by atoms with Crippen molar-refractivity contribution in [3.8, 4) is 16.3 Å². The van der Waals surface area contributed by atoms with Crippen LogP contribution in [-0.4, -0.2) is 20.7 Å². The molecule has 1 heterocycles. The van der Waals surface area contributed by atoms with Crippen molar-refractivity contribution >= 4 is 27.2 Å². The van der Waals surface area contributed by atoms with E-state index in [0.717, 1.165) is 12.3 Å². The van der Waals surface area contributed by atoms with Gasteiger partial charge >= 0.3 is 0 Å². The summed E-state index contributed by atoms with van der Waals surface area (Å²) < 4.78 is 9.44. The first-order chi connectivity index (χ1) is 13.7. The molecule has 0 unspecified atom stereocenters. The number of fused-ring (bicyclic) bond motifs is 1. The third-order valence-electron chi connectivity index (χ3n) is 4.80. The van der Waals surface area contributed by atoms with Crippen molar-refractivity contribution in [2.75, 3.05) is 25.6 Å². The van der Waals surface area contributed by atoms with Gasteiger partial charge in [0, 0.05) is 25.3 Å². The molecule has 4 aromatic rings. The fraction of sp³-hybridized carbons (Fsp3) is 0.208. The minimum atomic E-state index is 0.674. The maximum absolute atomic E-state index is 5.76. The van der Waals surface area contributed by atoms with E-state index in [4.69, 9.17) is 4.74 Å². The minimum Gasteiger partial charge on any atom is -0.494 e. The molecule has 0 N–H and O–H groups in total. The predicted molar refractivity (Wildman–Crippen MR) is 118 cm³/mol. The number of aromatic nitrogens is 1. The molecule has 0 atom stereocenters. The predicted octanol–water partition coefficient (Wildman–Crippen LogP) is 5.37. The number of nitrogens with zero attached hydrogens (tertiary/aromatic N) is 2. The SMILES string of the molecule is CCOc1ccc2sc(-c3ccc(N(C)C)cc3)[n+](Cc3ccccc3)c2c1. The van der Waals surface area contributed by atoms with Crippen molar-refractivity contribution in [2.45, 2.75) is 13.5 Å². The number of thiazole rings is 1. The first-order valence-corrected chi connectivity index (χ1v) is 10.4. The number of hydrogen-bond acceptors (Lipinski definition) is 3. The van der Waals surface area contributed by atoms with E-state index in [0.29, 0.717) is 6.61 Å². The molecule has 0 fully saturated rings. The first-order valence-electron chi connectivity index (χ1n) is 9.56. The molecule has 3 aromatic carbocycles. The molecule has 142 valence electrons. The average Bonchev–Trinajstić information content (AvgIpc) is 3.07. The highest BCUT2D eigenvalue weighted by atomic mass is 32.1. The molecule has 0 bridgehead atoms. The zero-order chi connectivity index (χ0) is 19.5. The van der Waals surface area contributed by atoms with E-state index in [9.17, 15) is 0 Å². The van der Waals surface area contributed by atoms with E-state index in [2.05, 4.69) is 96.4 Å². The van der Waals surface area contributed by atoms with Gasteiger partial charge in [-0.25, -0.2) is 0 Å². The Bertz CT molecular complexity index is 1070. The Kier molecular flexibility index (Phi) is 5.31. The van der Waals surface area contributed by atoms with E-state index in [1.165, 1.54) is 32.0 Å². The van der Waals surface area contributed by atoms with Gasteiger partial charge in [0.15, 0.2) is 6.54 Å². The van der Waals surface area contributed by atoms with Crippen molar-refractivity contribution in [3.05, 3.63) is 78.4 Å². The van der Waals surface area contributed by atoms with Gasteiger partial charge in [-0.3, -0.25) is 0 Å². The lowest BCUT2D eigenvalue weighted by Crippen LogP contribution is -2.35. The van der Waals surface area contributed by atoms with Crippen LogP contribution in [0.2, 0.25) is 0 Å². The topological polar surface area (TPSA) is 16.4 Å². The first kappa shape index (κ1) is 18.5. The summed E-state index contributed by atoms with van der Waals surface area (Å²) in [5.74, 6) is 0.920. The second kappa shape index (κ2) is 8.03. The van der Waals surface area contributed by atoms with Gasteiger partial charge < -0.3 is 9.64 Å². The molecular weight excluding hydrogens is 364 g/mol. The van der Waals surface area contributed by atoms with Crippen LogP contribution in [0.25, 0.3) is 20.8 Å². The highest BCUT2D eigenvalue weighted by Crippen LogP contribution is 2.32. The van der Waals surface area contributed by atoms with Gasteiger partial charge in [0.05, 0.1) is 18.2 Å². The molecule has 28 heavy (non-hydrogen) atoms. The molecule has 4 heteroatoms. The van der Waals surface area contributed by atoms with Gasteiger partial charge in [0.25, 0.3) is 5.01 Å². The molecule has 0 saturated carbocycles. The summed E-state index contributed by atoms with van der Waals surface area (Å²) in [6, 6.07) is 25.8. The monoisotopic (exact) mass is 389 g/mol. The van der Waals surface area contributed by atoms with Crippen LogP contribution in [0.4, 0.5) is 5.69 Å². The quantitative estimate of drug-likeness (QED) is 0.412. The summed E-state index contributed by atoms with van der Waals surface area (Å²) in [6.07, 6.45) is 0. The van der Waals surface area contributed by atoms with Crippen molar-refractivity contribution < 1.29 is 9.30 Å². The number of benzene rings is 3. The highest BCUT2D eigenvalue weighted by molar-refractivity contribution is 7.21. The molecule has 0 aliphatic rings. The highest BCUT2D eigenvalue weighted by Gasteiger charge is 2.23. The smallest absolute Gasteiger partial charge is 0.270 e. The zero-order valence-corrected chi connectivity index (χ0v) is 17.4. The van der Waals surface area contributed by atoms with Gasteiger partial charge in [0.2, 0.25) is 5.52 Å². The molecule has 0 saturated heterocycles. The van der Waals surface area contributed by atoms with Gasteiger partial charge in [-0.15, -0.1) is 0 Å². The van der Waals surface area contributed by atoms with E-state index in [-0.39, 0.29) is 0 Å². The van der Waals surface area contributed by atoms with Gasteiger partial charge in [0.1, 0.15) is 10.4 Å². The fourth-order valence-corrected chi connectivity index (χ4v) is 4.50. The Morgan fingerprint density at radius 3 is 2.36 bits per heavy atom. The molecule has 0 amide bonds. The third-order valence-corrected chi connectivity index (χ3v) is 6.01. The van der Waals surface area contributed by atoms with Crippen molar-refractivity contribution in [1.82, 2.24) is 0 Å². The second-order valence-corrected chi connectivity index (χ2v) is 8.01. The number of hydrogen-bond donors (Lipinski definition) is 0. The second-order valence-electron chi connectivity index (χ2n) is 6.98. The summed E-state index contributed by atoms with van der Waals surface area (Å²) in [5.41, 5.74) is 4.95. The van der Waals surface area contributed by atoms with Crippen molar-refractivity contribution in [3.63, 3.8) is 0 Å². The fourth-order valence-electron chi connectivity index (χ4n) is 3.36. The van der Waals surface area contributed by atoms with Crippen LogP contribution < -0.4 is 14.2 Å². The molecule has 0 radical (unpaired) electrons. The number of rotatable bonds is 6. The maximum atomic E-state index is 5.76. The number of anilines is 1. The molecule has 3 nitrogen and oxygen atoms in total. The Labute approximate surface area is 170 Å². The summed E-state index contributed by atoms with van der Waals surface area (Å²) >= 11 is 1.83. The molecule has 0 spiro atoms.